The summed E-state index contributed by atoms with van der Waals surface area (Å²) < 4.78 is 11.5. The maximum Gasteiger partial charge on any atom is 0.331 e. The van der Waals surface area contributed by atoms with Gasteiger partial charge in [0.25, 0.3) is 5.56 Å². The highest BCUT2D eigenvalue weighted by atomic mass is 16.5. The highest BCUT2D eigenvalue weighted by molar-refractivity contribution is 5.97. The number of aromatic nitrogens is 4. The lowest BCUT2D eigenvalue weighted by Crippen LogP contribution is -2.40. The number of hydrogen-bond donors (Lipinski definition) is 1. The second-order valence-electron chi connectivity index (χ2n) is 9.66. The molecule has 4 heterocycles. The molecule has 0 radical (unpaired) electrons. The van der Waals surface area contributed by atoms with Crippen molar-refractivity contribution in [3.8, 4) is 11.3 Å². The van der Waals surface area contributed by atoms with Gasteiger partial charge < -0.3 is 14.3 Å². The van der Waals surface area contributed by atoms with Crippen LogP contribution in [0.15, 0.2) is 70.4 Å². The van der Waals surface area contributed by atoms with Crippen molar-refractivity contribution in [2.75, 3.05) is 6.61 Å². The first-order valence-electron chi connectivity index (χ1n) is 11.4. The lowest BCUT2D eigenvalue weighted by atomic mass is 9.97. The van der Waals surface area contributed by atoms with Gasteiger partial charge >= 0.3 is 5.69 Å². The number of hydrogen-bond acceptors (Lipinski definition) is 3. The van der Waals surface area contributed by atoms with E-state index < -0.39 is 11.6 Å². The van der Waals surface area contributed by atoms with E-state index >= 15 is 0 Å². The van der Waals surface area contributed by atoms with E-state index in [0.717, 1.165) is 33.4 Å². The third kappa shape index (κ3) is 2.67. The molecule has 1 N–H and O–H groups in total. The fourth-order valence-corrected chi connectivity index (χ4v) is 5.41. The van der Waals surface area contributed by atoms with Gasteiger partial charge in [-0.05, 0) is 25.5 Å². The summed E-state index contributed by atoms with van der Waals surface area (Å²) in [6.45, 7) is 4.67. The molecule has 34 heavy (non-hydrogen) atoms. The maximum absolute atomic E-state index is 13.6. The lowest BCUT2D eigenvalue weighted by molar-refractivity contribution is -0.00642. The van der Waals surface area contributed by atoms with Crippen molar-refractivity contribution in [2.24, 2.45) is 14.1 Å². The summed E-state index contributed by atoms with van der Waals surface area (Å²) in [4.78, 5) is 30.0. The SMILES string of the molecule is Cn1c(=O)c2c(-c3ccccc3)n3c(c2n(C)c1=O)[C@@H](c1c[nH]c2ccccc12)OCC3(C)C. The zero-order valence-corrected chi connectivity index (χ0v) is 19.6. The van der Waals surface area contributed by atoms with Crippen LogP contribution in [0.4, 0.5) is 0 Å². The van der Waals surface area contributed by atoms with Crippen LogP contribution in [-0.4, -0.2) is 25.3 Å². The Morgan fingerprint density at radius 1 is 0.971 bits per heavy atom. The fraction of sp³-hybridized carbons (Fsp3) is 0.259. The molecule has 0 unspecified atom stereocenters. The molecule has 0 saturated carbocycles. The first kappa shape index (κ1) is 20.7. The number of fused-ring (bicyclic) bond motifs is 4. The van der Waals surface area contributed by atoms with Gasteiger partial charge in [-0.25, -0.2) is 4.79 Å². The Morgan fingerprint density at radius 2 is 1.68 bits per heavy atom. The summed E-state index contributed by atoms with van der Waals surface area (Å²) >= 11 is 0. The molecule has 5 aromatic rings. The number of rotatable bonds is 2. The van der Waals surface area contributed by atoms with Gasteiger partial charge in [0.1, 0.15) is 6.10 Å². The third-order valence-electron chi connectivity index (χ3n) is 7.02. The fourth-order valence-electron chi connectivity index (χ4n) is 5.41. The van der Waals surface area contributed by atoms with Gasteiger partial charge in [-0.15, -0.1) is 0 Å². The van der Waals surface area contributed by atoms with E-state index in [-0.39, 0.29) is 11.2 Å². The summed E-state index contributed by atoms with van der Waals surface area (Å²) in [7, 11) is 3.27. The van der Waals surface area contributed by atoms with Crippen molar-refractivity contribution in [1.29, 1.82) is 0 Å². The van der Waals surface area contributed by atoms with Crippen LogP contribution in [0.1, 0.15) is 31.2 Å². The molecular weight excluding hydrogens is 428 g/mol. The largest absolute Gasteiger partial charge is 0.365 e. The first-order chi connectivity index (χ1) is 16.3. The van der Waals surface area contributed by atoms with Crippen molar-refractivity contribution >= 4 is 21.8 Å². The highest BCUT2D eigenvalue weighted by Crippen LogP contribution is 2.46. The second kappa shape index (κ2) is 7.08. The number of para-hydroxylation sites is 1. The Kier molecular flexibility index (Phi) is 4.32. The van der Waals surface area contributed by atoms with E-state index in [2.05, 4.69) is 29.5 Å². The molecule has 172 valence electrons. The highest BCUT2D eigenvalue weighted by Gasteiger charge is 2.41. The van der Waals surface area contributed by atoms with Gasteiger partial charge in [0.15, 0.2) is 0 Å². The van der Waals surface area contributed by atoms with Crippen LogP contribution in [0, 0.1) is 0 Å². The smallest absolute Gasteiger partial charge is 0.331 e. The molecule has 6 rings (SSSR count). The van der Waals surface area contributed by atoms with E-state index in [0.29, 0.717) is 17.5 Å². The van der Waals surface area contributed by atoms with Crippen LogP contribution < -0.4 is 11.2 Å². The summed E-state index contributed by atoms with van der Waals surface area (Å²) in [6.07, 6.45) is 1.53. The average Bonchev–Trinajstić information content (AvgIpc) is 3.43. The molecule has 3 aromatic heterocycles. The molecule has 0 bridgehead atoms. The molecule has 0 spiro atoms. The number of aryl methyl sites for hydroxylation is 1. The van der Waals surface area contributed by atoms with Crippen LogP contribution >= 0.6 is 0 Å². The molecular formula is C27H26N4O3. The zero-order chi connectivity index (χ0) is 23.8. The van der Waals surface area contributed by atoms with Crippen molar-refractivity contribution in [3.05, 3.63) is 92.9 Å². The van der Waals surface area contributed by atoms with Gasteiger partial charge in [-0.3, -0.25) is 13.9 Å². The van der Waals surface area contributed by atoms with E-state index in [1.807, 2.05) is 54.7 Å². The quantitative estimate of drug-likeness (QED) is 0.438. The topological polar surface area (TPSA) is 74.0 Å². The Labute approximate surface area is 195 Å². The van der Waals surface area contributed by atoms with Gasteiger partial charge in [0, 0.05) is 36.8 Å². The van der Waals surface area contributed by atoms with Crippen molar-refractivity contribution < 1.29 is 4.74 Å². The maximum atomic E-state index is 13.6. The number of nitrogens with one attached hydrogen (secondary N) is 1. The van der Waals surface area contributed by atoms with Crippen molar-refractivity contribution in [1.82, 2.24) is 18.7 Å². The molecule has 2 aromatic carbocycles. The van der Waals surface area contributed by atoms with E-state index in [1.54, 1.807) is 11.6 Å². The number of nitrogens with zero attached hydrogens (tertiary/aromatic N) is 3. The molecule has 1 atom stereocenters. The summed E-state index contributed by atoms with van der Waals surface area (Å²) in [6, 6.07) is 18.0. The third-order valence-corrected chi connectivity index (χ3v) is 7.02. The van der Waals surface area contributed by atoms with Crippen molar-refractivity contribution in [2.45, 2.75) is 25.5 Å². The molecule has 7 heteroatoms. The molecule has 7 nitrogen and oxygen atoms in total. The van der Waals surface area contributed by atoms with E-state index in [4.69, 9.17) is 4.74 Å². The molecule has 0 amide bonds. The standard InChI is InChI=1S/C27H26N4O3/c1-27(2)15-34-24(18-14-28-19-13-9-8-12-17(18)19)23-22-20(25(32)30(4)26(33)29(22)3)21(31(23)27)16-10-6-5-7-11-16/h5-14,24,28H,15H2,1-4H3/t24-/m1/s1. The van der Waals surface area contributed by atoms with Crippen LogP contribution in [-0.2, 0) is 24.4 Å². The summed E-state index contributed by atoms with van der Waals surface area (Å²) in [5, 5.41) is 1.59. The Hall–Kier alpha value is -3.84. The van der Waals surface area contributed by atoms with Crippen LogP contribution in [0.2, 0.25) is 0 Å². The number of ether oxygens (including phenoxy) is 1. The van der Waals surface area contributed by atoms with Gasteiger partial charge in [-0.2, -0.15) is 0 Å². The van der Waals surface area contributed by atoms with Crippen LogP contribution in [0.5, 0.6) is 0 Å². The normalized spacial score (nSPS) is 17.4. The molecule has 1 aliphatic rings. The molecule has 0 saturated heterocycles. The van der Waals surface area contributed by atoms with Crippen LogP contribution in [0.3, 0.4) is 0 Å². The first-order valence-corrected chi connectivity index (χ1v) is 11.4. The number of H-pyrrole nitrogens is 1. The average molecular weight is 455 g/mol. The Morgan fingerprint density at radius 3 is 2.44 bits per heavy atom. The predicted molar refractivity (Wildman–Crippen MR) is 133 cm³/mol. The minimum atomic E-state index is -0.443. The molecule has 0 aliphatic carbocycles. The zero-order valence-electron chi connectivity index (χ0n) is 19.6. The minimum absolute atomic E-state index is 0.299. The van der Waals surface area contributed by atoms with Crippen LogP contribution in [0.25, 0.3) is 33.1 Å². The van der Waals surface area contributed by atoms with Gasteiger partial charge in [0.2, 0.25) is 0 Å². The monoisotopic (exact) mass is 454 g/mol. The number of benzene rings is 2. The summed E-state index contributed by atoms with van der Waals surface area (Å²) in [5.41, 5.74) is 4.10. The van der Waals surface area contributed by atoms with Gasteiger partial charge in [0.05, 0.1) is 34.4 Å². The number of aromatic amines is 1. The van der Waals surface area contributed by atoms with E-state index in [1.165, 1.54) is 11.6 Å². The van der Waals surface area contributed by atoms with Crippen molar-refractivity contribution in [3.63, 3.8) is 0 Å². The molecule has 1 aliphatic heterocycles. The lowest BCUT2D eigenvalue weighted by Gasteiger charge is -2.39. The second-order valence-corrected chi connectivity index (χ2v) is 9.66. The van der Waals surface area contributed by atoms with Gasteiger partial charge in [-0.1, -0.05) is 48.5 Å². The Bertz CT molecular complexity index is 1700. The summed E-state index contributed by atoms with van der Waals surface area (Å²) in [5.74, 6) is 0. The minimum Gasteiger partial charge on any atom is -0.365 e. The van der Waals surface area contributed by atoms with E-state index in [9.17, 15) is 9.59 Å². The predicted octanol–water partition coefficient (Wildman–Crippen LogP) is 4.04. The molecule has 0 fully saturated rings. The Balaban J connectivity index is 1.83.